The van der Waals surface area contributed by atoms with Gasteiger partial charge in [0.05, 0.1) is 25.0 Å². The Balaban J connectivity index is 1.87. The fraction of sp³-hybridized carbons (Fsp3) is 0.231. The van der Waals surface area contributed by atoms with Crippen LogP contribution in [-0.2, 0) is 14.9 Å². The van der Waals surface area contributed by atoms with Crippen LogP contribution in [0, 0.1) is 41.5 Å². The molecule has 0 aliphatic rings. The summed E-state index contributed by atoms with van der Waals surface area (Å²) in [5, 5.41) is 6.99. The second-order valence-corrected chi connectivity index (χ2v) is 13.2. The van der Waals surface area contributed by atoms with Crippen molar-refractivity contribution in [2.75, 3.05) is 24.9 Å². The molecule has 8 heteroatoms. The zero-order valence-electron chi connectivity index (χ0n) is 28.4. The highest BCUT2D eigenvalue weighted by Crippen LogP contribution is 2.42. The monoisotopic (exact) mass is 652 g/mol. The number of hydrogen-bond acceptors (Lipinski definition) is 6. The normalized spacial score (nSPS) is 12.8. The molecule has 4 rings (SSSR count). The summed E-state index contributed by atoms with van der Waals surface area (Å²) in [7, 11) is -1.48. The molecule has 7 nitrogen and oxygen atoms in total. The Morgan fingerprint density at radius 3 is 1.89 bits per heavy atom. The van der Waals surface area contributed by atoms with Gasteiger partial charge in [-0.2, -0.15) is 8.42 Å². The lowest BCUT2D eigenvalue weighted by Crippen LogP contribution is -2.13. The lowest BCUT2D eigenvalue weighted by Gasteiger charge is -2.25. The van der Waals surface area contributed by atoms with Gasteiger partial charge in [0.2, 0.25) is 0 Å². The molecule has 0 saturated carbocycles. The summed E-state index contributed by atoms with van der Waals surface area (Å²) in [6.45, 7) is 16.4. The van der Waals surface area contributed by atoms with Crippen LogP contribution in [0.3, 0.4) is 0 Å². The largest absolute Gasteiger partial charge is 0.500 e. The summed E-state index contributed by atoms with van der Waals surface area (Å²) in [5.74, 6) is 0.159. The van der Waals surface area contributed by atoms with E-state index in [0.29, 0.717) is 28.3 Å². The van der Waals surface area contributed by atoms with Crippen LogP contribution in [0.5, 0.6) is 5.75 Å². The molecule has 0 heterocycles. The van der Waals surface area contributed by atoms with Crippen LogP contribution in [0.1, 0.15) is 50.4 Å². The van der Waals surface area contributed by atoms with Gasteiger partial charge < -0.3 is 20.1 Å². The molecule has 0 saturated heterocycles. The molecule has 246 valence electrons. The third kappa shape index (κ3) is 8.14. The van der Waals surface area contributed by atoms with Crippen molar-refractivity contribution in [1.82, 2.24) is 0 Å². The summed E-state index contributed by atoms with van der Waals surface area (Å²) in [6, 6.07) is 20.5. The van der Waals surface area contributed by atoms with Crippen LogP contribution in [0.2, 0.25) is 0 Å². The first kappa shape index (κ1) is 35.1. The van der Waals surface area contributed by atoms with E-state index in [1.165, 1.54) is 24.3 Å². The third-order valence-corrected chi connectivity index (χ3v) is 9.04. The molecule has 0 bridgehead atoms. The van der Waals surface area contributed by atoms with Gasteiger partial charge in [-0.05, 0) is 99.7 Å². The summed E-state index contributed by atoms with van der Waals surface area (Å²) < 4.78 is 47.4. The number of anilines is 3. The van der Waals surface area contributed by atoms with Gasteiger partial charge in [-0.25, -0.2) is 0 Å². The van der Waals surface area contributed by atoms with Crippen molar-refractivity contribution in [3.63, 3.8) is 0 Å². The molecule has 0 radical (unpaired) electrons. The molecule has 0 fully saturated rings. The highest BCUT2D eigenvalue weighted by molar-refractivity contribution is 7.85. The lowest BCUT2D eigenvalue weighted by molar-refractivity contribution is 0.270. The van der Waals surface area contributed by atoms with Crippen LogP contribution >= 0.6 is 0 Å². The summed E-state index contributed by atoms with van der Waals surface area (Å²) >= 11 is 0. The number of rotatable bonds is 12. The molecule has 0 aromatic heterocycles. The van der Waals surface area contributed by atoms with Crippen molar-refractivity contribution in [3.8, 4) is 5.75 Å². The summed E-state index contributed by atoms with van der Waals surface area (Å²) in [5.41, 5.74) is 11.3. The Hall–Kier alpha value is -4.79. The van der Waals surface area contributed by atoms with E-state index in [9.17, 15) is 13.0 Å². The first-order valence-electron chi connectivity index (χ1n) is 15.3. The first-order chi connectivity index (χ1) is 22.3. The quantitative estimate of drug-likeness (QED) is 0.0797. The predicted molar refractivity (Wildman–Crippen MR) is 193 cm³/mol. The number of ether oxygens (including phenoxy) is 2. The molecular formula is C39H44N2O5S. The predicted octanol–water partition coefficient (Wildman–Crippen LogP) is 9.38. The number of aryl methyl sites for hydroxylation is 6. The van der Waals surface area contributed by atoms with Crippen LogP contribution in [0.15, 0.2) is 108 Å². The number of allylic oxidation sites excluding steroid dienone is 4. The van der Waals surface area contributed by atoms with E-state index in [1.54, 1.807) is 37.5 Å². The van der Waals surface area contributed by atoms with Gasteiger partial charge in [0.15, 0.2) is 0 Å². The van der Waals surface area contributed by atoms with Crippen LogP contribution in [0.25, 0.3) is 0 Å². The van der Waals surface area contributed by atoms with Gasteiger partial charge in [-0.3, -0.25) is 4.55 Å². The van der Waals surface area contributed by atoms with Crippen LogP contribution in [0.4, 0.5) is 17.1 Å². The van der Waals surface area contributed by atoms with E-state index >= 15 is 0 Å². The SMILES string of the molecule is C=C/C(=C\C=C(/OC)C(c1ccc(Nc2c(C)cc(C)cc2C)cc1OC)c1ccccc1S(=O)(=O)O)Nc1c(C)cc(C)cc1C. The number of benzene rings is 4. The van der Waals surface area contributed by atoms with Gasteiger partial charge in [0.1, 0.15) is 11.5 Å². The molecule has 1 atom stereocenters. The molecule has 4 aromatic rings. The third-order valence-electron chi connectivity index (χ3n) is 8.11. The smallest absolute Gasteiger partial charge is 0.294 e. The van der Waals surface area contributed by atoms with Gasteiger partial charge in [-0.1, -0.05) is 66.2 Å². The zero-order chi connectivity index (χ0) is 34.5. The summed E-state index contributed by atoms with van der Waals surface area (Å²) in [6.07, 6.45) is 5.32. The fourth-order valence-corrected chi connectivity index (χ4v) is 6.85. The van der Waals surface area contributed by atoms with E-state index in [-0.39, 0.29) is 4.90 Å². The minimum atomic E-state index is -4.58. The standard InChI is InChI=1S/C39H44N2O5S/c1-10-30(40-38-26(4)19-24(2)20-27(38)5)16-18-34(45-8)37(33-13-11-12-14-36(33)47(42,43)44)32-17-15-31(23-35(32)46-9)41-39-28(6)21-25(3)22-29(39)7/h10-23,37,40-41H,1H2,2-9H3,(H,42,43,44)/b30-16+,34-18-. The molecule has 1 unspecified atom stereocenters. The topological polar surface area (TPSA) is 96.9 Å². The van der Waals surface area contributed by atoms with E-state index < -0.39 is 16.0 Å². The maximum absolute atomic E-state index is 12.6. The van der Waals surface area contributed by atoms with E-state index in [0.717, 1.165) is 39.3 Å². The maximum Gasteiger partial charge on any atom is 0.294 e. The second kappa shape index (κ2) is 14.8. The number of nitrogens with one attached hydrogen (secondary N) is 2. The Kier molecular flexibility index (Phi) is 11.0. The van der Waals surface area contributed by atoms with Gasteiger partial charge >= 0.3 is 0 Å². The first-order valence-corrected chi connectivity index (χ1v) is 16.7. The Morgan fingerprint density at radius 2 is 1.36 bits per heavy atom. The van der Waals surface area contributed by atoms with Crippen molar-refractivity contribution in [2.24, 2.45) is 0 Å². The number of hydrogen-bond donors (Lipinski definition) is 3. The molecule has 3 N–H and O–H groups in total. The highest BCUT2D eigenvalue weighted by Gasteiger charge is 2.29. The number of methoxy groups -OCH3 is 2. The second-order valence-electron chi connectivity index (χ2n) is 11.8. The van der Waals surface area contributed by atoms with Crippen molar-refractivity contribution >= 4 is 27.2 Å². The highest BCUT2D eigenvalue weighted by atomic mass is 32.2. The molecule has 0 amide bonds. The van der Waals surface area contributed by atoms with Crippen molar-refractivity contribution < 1.29 is 22.4 Å². The van der Waals surface area contributed by atoms with Crippen molar-refractivity contribution in [3.05, 3.63) is 148 Å². The fourth-order valence-electron chi connectivity index (χ4n) is 6.11. The Morgan fingerprint density at radius 1 is 0.787 bits per heavy atom. The minimum Gasteiger partial charge on any atom is -0.500 e. The minimum absolute atomic E-state index is 0.222. The van der Waals surface area contributed by atoms with E-state index in [2.05, 4.69) is 69.2 Å². The lowest BCUT2D eigenvalue weighted by atomic mass is 9.88. The molecule has 4 aromatic carbocycles. The van der Waals surface area contributed by atoms with Gasteiger partial charge in [0.25, 0.3) is 10.1 Å². The molecule has 0 aliphatic heterocycles. The van der Waals surface area contributed by atoms with Gasteiger partial charge in [-0.15, -0.1) is 0 Å². The van der Waals surface area contributed by atoms with Crippen LogP contribution in [-0.4, -0.2) is 27.2 Å². The van der Waals surface area contributed by atoms with E-state index in [1.807, 2.05) is 38.1 Å². The van der Waals surface area contributed by atoms with E-state index in [4.69, 9.17) is 9.47 Å². The summed E-state index contributed by atoms with van der Waals surface area (Å²) in [4.78, 5) is -0.222. The maximum atomic E-state index is 12.6. The molecule has 0 spiro atoms. The zero-order valence-corrected chi connectivity index (χ0v) is 29.2. The Labute approximate surface area is 279 Å². The average molecular weight is 653 g/mol. The van der Waals surface area contributed by atoms with Gasteiger partial charge in [0, 0.05) is 34.4 Å². The molecule has 47 heavy (non-hydrogen) atoms. The van der Waals surface area contributed by atoms with Crippen LogP contribution < -0.4 is 15.4 Å². The van der Waals surface area contributed by atoms with Crippen molar-refractivity contribution in [1.29, 1.82) is 0 Å². The van der Waals surface area contributed by atoms with Crippen molar-refractivity contribution in [2.45, 2.75) is 52.4 Å². The molecular weight excluding hydrogens is 609 g/mol. The molecule has 0 aliphatic carbocycles. The Bertz CT molecular complexity index is 1930. The average Bonchev–Trinajstić information content (AvgIpc) is 3.01.